The number of fused-ring (bicyclic) bond motifs is 2. The Morgan fingerprint density at radius 3 is 2.47 bits per heavy atom. The van der Waals surface area contributed by atoms with Gasteiger partial charge in [-0.1, -0.05) is 0 Å². The Morgan fingerprint density at radius 1 is 1.18 bits per heavy atom. The summed E-state index contributed by atoms with van der Waals surface area (Å²) in [4.78, 5) is 2.61. The molecule has 0 spiro atoms. The molecule has 0 radical (unpaired) electrons. The third-order valence-electron chi connectivity index (χ3n) is 5.27. The molecule has 0 aliphatic carbocycles. The predicted molar refractivity (Wildman–Crippen MR) is 69.1 cm³/mol. The molecule has 4 unspecified atom stereocenters. The first-order valence-corrected chi connectivity index (χ1v) is 7.29. The molecule has 3 saturated heterocycles. The molecule has 0 aromatic heterocycles. The fourth-order valence-electron chi connectivity index (χ4n) is 4.00. The molecule has 4 atom stereocenters. The van der Waals surface area contributed by atoms with Gasteiger partial charge in [0.1, 0.15) is 0 Å². The first-order valence-electron chi connectivity index (χ1n) is 7.29. The number of ether oxygens (including phenoxy) is 1. The van der Waals surface area contributed by atoms with Crippen molar-refractivity contribution < 1.29 is 4.74 Å². The van der Waals surface area contributed by atoms with Crippen LogP contribution in [0.5, 0.6) is 0 Å². The van der Waals surface area contributed by atoms with Gasteiger partial charge in [-0.25, -0.2) is 0 Å². The molecule has 98 valence electrons. The number of nitrogens with one attached hydrogen (secondary N) is 1. The van der Waals surface area contributed by atoms with Crippen LogP contribution in [0.25, 0.3) is 0 Å². The minimum Gasteiger partial charge on any atom is -0.381 e. The average molecular weight is 238 g/mol. The molecule has 3 nitrogen and oxygen atoms in total. The molecule has 0 amide bonds. The minimum atomic E-state index is 0.630. The van der Waals surface area contributed by atoms with Gasteiger partial charge in [0.05, 0.1) is 6.61 Å². The number of piperidine rings is 1. The van der Waals surface area contributed by atoms with E-state index in [1.165, 1.54) is 32.1 Å². The highest BCUT2D eigenvalue weighted by molar-refractivity contribution is 4.97. The topological polar surface area (TPSA) is 24.5 Å². The normalized spacial score (nSPS) is 44.1. The van der Waals surface area contributed by atoms with Gasteiger partial charge in [0.2, 0.25) is 0 Å². The maximum atomic E-state index is 5.49. The van der Waals surface area contributed by atoms with Gasteiger partial charge in [0.25, 0.3) is 0 Å². The van der Waals surface area contributed by atoms with Gasteiger partial charge in [-0.05, 0) is 52.0 Å². The van der Waals surface area contributed by atoms with Crippen molar-refractivity contribution in [2.24, 2.45) is 5.92 Å². The van der Waals surface area contributed by atoms with Crippen molar-refractivity contribution in [3.63, 3.8) is 0 Å². The molecule has 3 fully saturated rings. The smallest absolute Gasteiger partial charge is 0.0509 e. The lowest BCUT2D eigenvalue weighted by molar-refractivity contribution is 0.134. The van der Waals surface area contributed by atoms with Gasteiger partial charge in [-0.15, -0.1) is 0 Å². The van der Waals surface area contributed by atoms with Crippen LogP contribution in [0, 0.1) is 5.92 Å². The summed E-state index contributed by atoms with van der Waals surface area (Å²) in [5.74, 6) is 0.743. The molecule has 2 bridgehead atoms. The van der Waals surface area contributed by atoms with Gasteiger partial charge < -0.3 is 15.0 Å². The van der Waals surface area contributed by atoms with E-state index < -0.39 is 0 Å². The van der Waals surface area contributed by atoms with Crippen LogP contribution in [0.1, 0.15) is 39.0 Å². The van der Waals surface area contributed by atoms with Crippen LogP contribution in [0.2, 0.25) is 0 Å². The Kier molecular flexibility index (Phi) is 3.42. The highest BCUT2D eigenvalue weighted by Gasteiger charge is 2.39. The van der Waals surface area contributed by atoms with E-state index >= 15 is 0 Å². The van der Waals surface area contributed by atoms with Gasteiger partial charge in [0.15, 0.2) is 0 Å². The standard InChI is InChI=1S/C14H26N2O/c1-10(11-5-6-17-9-11)15-12-7-13-3-4-14(8-12)16(13)2/h10-15H,3-9H2,1-2H3. The summed E-state index contributed by atoms with van der Waals surface area (Å²) in [7, 11) is 2.31. The van der Waals surface area contributed by atoms with Gasteiger partial charge >= 0.3 is 0 Å². The van der Waals surface area contributed by atoms with Gasteiger partial charge in [0, 0.05) is 30.8 Å². The van der Waals surface area contributed by atoms with Crippen LogP contribution in [0.15, 0.2) is 0 Å². The lowest BCUT2D eigenvalue weighted by Gasteiger charge is -2.38. The summed E-state index contributed by atoms with van der Waals surface area (Å²) in [6, 6.07) is 3.07. The number of rotatable bonds is 3. The number of hydrogen-bond donors (Lipinski definition) is 1. The summed E-state index contributed by atoms with van der Waals surface area (Å²) >= 11 is 0. The Bertz CT molecular complexity index is 251. The molecule has 17 heavy (non-hydrogen) atoms. The zero-order valence-corrected chi connectivity index (χ0v) is 11.2. The van der Waals surface area contributed by atoms with E-state index in [0.717, 1.165) is 37.3 Å². The monoisotopic (exact) mass is 238 g/mol. The van der Waals surface area contributed by atoms with Crippen molar-refractivity contribution >= 4 is 0 Å². The number of nitrogens with zero attached hydrogens (tertiary/aromatic N) is 1. The second kappa shape index (κ2) is 4.87. The van der Waals surface area contributed by atoms with Gasteiger partial charge in [-0.2, -0.15) is 0 Å². The zero-order valence-electron chi connectivity index (χ0n) is 11.2. The van der Waals surface area contributed by atoms with Crippen molar-refractivity contribution in [1.82, 2.24) is 10.2 Å². The van der Waals surface area contributed by atoms with Crippen molar-refractivity contribution in [2.75, 3.05) is 20.3 Å². The van der Waals surface area contributed by atoms with Crippen LogP contribution >= 0.6 is 0 Å². The van der Waals surface area contributed by atoms with Crippen molar-refractivity contribution in [2.45, 2.75) is 63.2 Å². The van der Waals surface area contributed by atoms with Crippen molar-refractivity contribution in [1.29, 1.82) is 0 Å². The van der Waals surface area contributed by atoms with E-state index in [2.05, 4.69) is 24.2 Å². The molecule has 0 aromatic rings. The van der Waals surface area contributed by atoms with E-state index in [1.54, 1.807) is 0 Å². The third kappa shape index (κ3) is 2.38. The predicted octanol–water partition coefficient (Wildman–Crippen LogP) is 1.63. The van der Waals surface area contributed by atoms with Gasteiger partial charge in [-0.3, -0.25) is 0 Å². The Hall–Kier alpha value is -0.120. The van der Waals surface area contributed by atoms with E-state index in [1.807, 2.05) is 0 Å². The lowest BCUT2D eigenvalue weighted by atomic mass is 9.94. The molecular weight excluding hydrogens is 212 g/mol. The highest BCUT2D eigenvalue weighted by atomic mass is 16.5. The summed E-state index contributed by atoms with van der Waals surface area (Å²) in [5.41, 5.74) is 0. The highest BCUT2D eigenvalue weighted by Crippen LogP contribution is 2.34. The maximum absolute atomic E-state index is 5.49. The zero-order chi connectivity index (χ0) is 11.8. The van der Waals surface area contributed by atoms with Crippen LogP contribution in [-0.2, 0) is 4.74 Å². The van der Waals surface area contributed by atoms with E-state index in [-0.39, 0.29) is 0 Å². The first kappa shape index (κ1) is 11.9. The molecule has 0 saturated carbocycles. The molecule has 1 N–H and O–H groups in total. The molecule has 0 aromatic carbocycles. The second-order valence-corrected chi connectivity index (χ2v) is 6.30. The molecule has 3 aliphatic heterocycles. The molecule has 3 aliphatic rings. The summed E-state index contributed by atoms with van der Waals surface area (Å²) < 4.78 is 5.49. The fraction of sp³-hybridized carbons (Fsp3) is 1.00. The van der Waals surface area contributed by atoms with Crippen LogP contribution in [-0.4, -0.2) is 49.3 Å². The molecular formula is C14H26N2O. The van der Waals surface area contributed by atoms with Crippen molar-refractivity contribution in [3.05, 3.63) is 0 Å². The molecule has 3 heterocycles. The summed E-state index contributed by atoms with van der Waals surface area (Å²) in [5, 5.41) is 3.88. The van der Waals surface area contributed by atoms with Crippen LogP contribution < -0.4 is 5.32 Å². The Balaban J connectivity index is 1.52. The maximum Gasteiger partial charge on any atom is 0.0509 e. The quantitative estimate of drug-likeness (QED) is 0.809. The Morgan fingerprint density at radius 2 is 1.88 bits per heavy atom. The van der Waals surface area contributed by atoms with E-state index in [9.17, 15) is 0 Å². The van der Waals surface area contributed by atoms with Crippen LogP contribution in [0.4, 0.5) is 0 Å². The second-order valence-electron chi connectivity index (χ2n) is 6.30. The average Bonchev–Trinajstić information content (AvgIpc) is 2.88. The summed E-state index contributed by atoms with van der Waals surface area (Å²) in [6.07, 6.45) is 6.78. The molecule has 3 rings (SSSR count). The molecule has 3 heteroatoms. The minimum absolute atomic E-state index is 0.630. The SMILES string of the molecule is CC(NC1CC2CCC(C1)N2C)C1CCOC1. The first-order chi connectivity index (χ1) is 8.24. The number of hydrogen-bond acceptors (Lipinski definition) is 3. The van der Waals surface area contributed by atoms with E-state index in [4.69, 9.17) is 4.74 Å². The largest absolute Gasteiger partial charge is 0.381 e. The lowest BCUT2D eigenvalue weighted by Crippen LogP contribution is -2.50. The van der Waals surface area contributed by atoms with Crippen LogP contribution in [0.3, 0.4) is 0 Å². The fourth-order valence-corrected chi connectivity index (χ4v) is 4.00. The Labute approximate surface area is 105 Å². The summed E-state index contributed by atoms with van der Waals surface area (Å²) in [6.45, 7) is 4.28. The third-order valence-corrected chi connectivity index (χ3v) is 5.27. The van der Waals surface area contributed by atoms with E-state index in [0.29, 0.717) is 6.04 Å². The van der Waals surface area contributed by atoms with Crippen molar-refractivity contribution in [3.8, 4) is 0 Å².